The maximum absolute atomic E-state index is 12.8. The molecular formula is C19H20F3N3O3. The Balaban J connectivity index is 2.32. The Morgan fingerprint density at radius 3 is 2.46 bits per heavy atom. The summed E-state index contributed by atoms with van der Waals surface area (Å²) in [7, 11) is 1.58. The predicted molar refractivity (Wildman–Crippen MR) is 101 cm³/mol. The molecule has 0 bridgehead atoms. The summed E-state index contributed by atoms with van der Waals surface area (Å²) in [6.45, 7) is 5.88. The molecule has 0 saturated heterocycles. The summed E-state index contributed by atoms with van der Waals surface area (Å²) in [4.78, 5) is 10.2. The number of nitrogens with one attached hydrogen (secondary N) is 1. The number of hydrogen-bond donors (Lipinski definition) is 1. The maximum atomic E-state index is 12.8. The lowest BCUT2D eigenvalue weighted by atomic mass is 9.97. The summed E-state index contributed by atoms with van der Waals surface area (Å²) in [5.74, 6) is 0.947. The standard InChI is InChI=1S/C19H20F3N3O3/c1-11(2)15-8-13(12(3)7-18(15)28-4)10-23-24-16-6-5-14(19(20,21)22)9-17(16)25(26)27/h5-11,24H,1-4H3/b23-10-. The Morgan fingerprint density at radius 2 is 1.93 bits per heavy atom. The first-order valence-electron chi connectivity index (χ1n) is 8.37. The van der Waals surface area contributed by atoms with E-state index in [0.717, 1.165) is 34.6 Å². The fraction of sp³-hybridized carbons (Fsp3) is 0.316. The van der Waals surface area contributed by atoms with E-state index in [1.165, 1.54) is 6.21 Å². The maximum Gasteiger partial charge on any atom is 0.416 e. The van der Waals surface area contributed by atoms with Gasteiger partial charge in [0.1, 0.15) is 11.4 Å². The smallest absolute Gasteiger partial charge is 0.416 e. The van der Waals surface area contributed by atoms with Crippen LogP contribution in [0.25, 0.3) is 0 Å². The molecule has 2 rings (SSSR count). The number of ether oxygens (including phenoxy) is 1. The number of methoxy groups -OCH3 is 1. The Kier molecular flexibility index (Phi) is 6.27. The summed E-state index contributed by atoms with van der Waals surface area (Å²) >= 11 is 0. The number of halogens is 3. The van der Waals surface area contributed by atoms with Crippen molar-refractivity contribution in [3.8, 4) is 5.75 Å². The van der Waals surface area contributed by atoms with Crippen LogP contribution in [0.15, 0.2) is 35.4 Å². The number of aryl methyl sites for hydroxylation is 1. The second-order valence-electron chi connectivity index (χ2n) is 6.46. The van der Waals surface area contributed by atoms with Crippen molar-refractivity contribution in [2.45, 2.75) is 32.9 Å². The molecule has 0 unspecified atom stereocenters. The minimum Gasteiger partial charge on any atom is -0.496 e. The minimum absolute atomic E-state index is 0.135. The van der Waals surface area contributed by atoms with Gasteiger partial charge >= 0.3 is 6.18 Å². The third-order valence-corrected chi connectivity index (χ3v) is 4.15. The number of nitro benzene ring substituents is 1. The van der Waals surface area contributed by atoms with Crippen LogP contribution in [-0.4, -0.2) is 18.2 Å². The molecule has 0 fully saturated rings. The average molecular weight is 395 g/mol. The lowest BCUT2D eigenvalue weighted by molar-refractivity contribution is -0.384. The summed E-state index contributed by atoms with van der Waals surface area (Å²) in [6.07, 6.45) is -3.21. The molecule has 2 aromatic rings. The zero-order chi connectivity index (χ0) is 21.1. The number of anilines is 1. The first-order chi connectivity index (χ1) is 13.0. The van der Waals surface area contributed by atoms with E-state index in [1.807, 2.05) is 32.9 Å². The molecule has 0 aliphatic heterocycles. The Morgan fingerprint density at radius 1 is 1.25 bits per heavy atom. The largest absolute Gasteiger partial charge is 0.496 e. The Bertz CT molecular complexity index is 909. The highest BCUT2D eigenvalue weighted by Gasteiger charge is 2.33. The molecule has 6 nitrogen and oxygen atoms in total. The second-order valence-corrected chi connectivity index (χ2v) is 6.46. The van der Waals surface area contributed by atoms with E-state index in [4.69, 9.17) is 4.74 Å². The molecule has 2 aromatic carbocycles. The van der Waals surface area contributed by atoms with Gasteiger partial charge in [0.25, 0.3) is 5.69 Å². The van der Waals surface area contributed by atoms with Crippen LogP contribution in [0.5, 0.6) is 5.75 Å². The molecule has 0 radical (unpaired) electrons. The number of nitro groups is 1. The van der Waals surface area contributed by atoms with Gasteiger partial charge in [-0.2, -0.15) is 18.3 Å². The van der Waals surface area contributed by atoms with E-state index in [0.29, 0.717) is 6.07 Å². The monoisotopic (exact) mass is 395 g/mol. The second kappa shape index (κ2) is 8.28. The van der Waals surface area contributed by atoms with Crippen molar-refractivity contribution in [3.63, 3.8) is 0 Å². The van der Waals surface area contributed by atoms with Crippen molar-refractivity contribution in [2.75, 3.05) is 12.5 Å². The van der Waals surface area contributed by atoms with E-state index < -0.39 is 22.4 Å². The molecule has 28 heavy (non-hydrogen) atoms. The van der Waals surface area contributed by atoms with Gasteiger partial charge in [-0.3, -0.25) is 15.5 Å². The van der Waals surface area contributed by atoms with Crippen molar-refractivity contribution in [2.24, 2.45) is 5.10 Å². The van der Waals surface area contributed by atoms with Crippen molar-refractivity contribution >= 4 is 17.6 Å². The Labute approximate surface area is 160 Å². The third kappa shape index (κ3) is 4.79. The van der Waals surface area contributed by atoms with Gasteiger partial charge in [0.05, 0.1) is 23.8 Å². The third-order valence-electron chi connectivity index (χ3n) is 4.15. The highest BCUT2D eigenvalue weighted by molar-refractivity contribution is 5.83. The quantitative estimate of drug-likeness (QED) is 0.398. The highest BCUT2D eigenvalue weighted by Crippen LogP contribution is 2.35. The topological polar surface area (TPSA) is 76.8 Å². The van der Waals surface area contributed by atoms with Crippen molar-refractivity contribution in [1.29, 1.82) is 0 Å². The zero-order valence-electron chi connectivity index (χ0n) is 15.8. The van der Waals surface area contributed by atoms with E-state index in [9.17, 15) is 23.3 Å². The van der Waals surface area contributed by atoms with Gasteiger partial charge in [-0.1, -0.05) is 13.8 Å². The van der Waals surface area contributed by atoms with Gasteiger partial charge in [0.15, 0.2) is 0 Å². The van der Waals surface area contributed by atoms with E-state index >= 15 is 0 Å². The number of hydrogen-bond acceptors (Lipinski definition) is 5. The van der Waals surface area contributed by atoms with Crippen molar-refractivity contribution in [1.82, 2.24) is 0 Å². The normalized spacial score (nSPS) is 11.9. The molecule has 0 heterocycles. The average Bonchev–Trinajstić information content (AvgIpc) is 2.61. The number of benzene rings is 2. The fourth-order valence-corrected chi connectivity index (χ4v) is 2.61. The van der Waals surface area contributed by atoms with Crippen molar-refractivity contribution < 1.29 is 22.8 Å². The number of hydrazone groups is 1. The highest BCUT2D eigenvalue weighted by atomic mass is 19.4. The molecule has 1 N–H and O–H groups in total. The zero-order valence-corrected chi connectivity index (χ0v) is 15.8. The summed E-state index contributed by atoms with van der Waals surface area (Å²) in [5, 5.41) is 15.1. The van der Waals surface area contributed by atoms with E-state index in [1.54, 1.807) is 7.11 Å². The van der Waals surface area contributed by atoms with E-state index in [2.05, 4.69) is 10.5 Å². The lowest BCUT2D eigenvalue weighted by Gasteiger charge is -2.14. The summed E-state index contributed by atoms with van der Waals surface area (Å²) in [6, 6.07) is 5.98. The van der Waals surface area contributed by atoms with Crippen LogP contribution in [0.1, 0.15) is 42.0 Å². The molecule has 0 amide bonds. The molecule has 0 aromatic heterocycles. The van der Waals surface area contributed by atoms with Crippen molar-refractivity contribution in [3.05, 3.63) is 62.7 Å². The van der Waals surface area contributed by atoms with Crippen LogP contribution in [-0.2, 0) is 6.18 Å². The minimum atomic E-state index is -4.67. The van der Waals surface area contributed by atoms with Gasteiger partial charge in [0, 0.05) is 6.07 Å². The molecule has 0 saturated carbocycles. The van der Waals surface area contributed by atoms with E-state index in [-0.39, 0.29) is 11.6 Å². The molecule has 9 heteroatoms. The molecular weight excluding hydrogens is 375 g/mol. The fourth-order valence-electron chi connectivity index (χ4n) is 2.61. The summed E-state index contributed by atoms with van der Waals surface area (Å²) < 4.78 is 43.7. The van der Waals surface area contributed by atoms with Gasteiger partial charge in [-0.15, -0.1) is 0 Å². The molecule has 0 aliphatic rings. The van der Waals surface area contributed by atoms with Crippen LogP contribution in [0.3, 0.4) is 0 Å². The number of nitrogens with zero attached hydrogens (tertiary/aromatic N) is 2. The van der Waals surface area contributed by atoms with Crippen LogP contribution >= 0.6 is 0 Å². The number of rotatable bonds is 6. The molecule has 150 valence electrons. The van der Waals surface area contributed by atoms with Crippen LogP contribution in [0.4, 0.5) is 24.5 Å². The molecule has 0 spiro atoms. The Hall–Kier alpha value is -3.10. The van der Waals surface area contributed by atoms with Crippen LogP contribution < -0.4 is 10.2 Å². The number of alkyl halides is 3. The molecule has 0 atom stereocenters. The first kappa shape index (κ1) is 21.2. The first-order valence-corrected chi connectivity index (χ1v) is 8.37. The SMILES string of the molecule is COc1cc(C)c(/C=N\Nc2ccc(C(F)(F)F)cc2[N+](=O)[O-])cc1C(C)C. The summed E-state index contributed by atoms with van der Waals surface area (Å²) in [5.41, 5.74) is 3.11. The molecule has 0 aliphatic carbocycles. The van der Waals surface area contributed by atoms with Gasteiger partial charge in [0.2, 0.25) is 0 Å². The predicted octanol–water partition coefficient (Wildman–Crippen LogP) is 5.50. The van der Waals surface area contributed by atoms with Gasteiger partial charge < -0.3 is 4.74 Å². The lowest BCUT2D eigenvalue weighted by Crippen LogP contribution is -2.06. The van der Waals surface area contributed by atoms with Gasteiger partial charge in [-0.25, -0.2) is 0 Å². The van der Waals surface area contributed by atoms with Gasteiger partial charge in [-0.05, 0) is 53.8 Å². The van der Waals surface area contributed by atoms with Crippen LogP contribution in [0.2, 0.25) is 0 Å². The van der Waals surface area contributed by atoms with Crippen LogP contribution in [0, 0.1) is 17.0 Å².